The van der Waals surface area contributed by atoms with Gasteiger partial charge in [0.15, 0.2) is 11.5 Å². The first-order valence-electron chi connectivity index (χ1n) is 5.18. The molecule has 5 heteroatoms. The number of ether oxygens (including phenoxy) is 1. The molecule has 16 heavy (non-hydrogen) atoms. The van der Waals surface area contributed by atoms with E-state index in [-0.39, 0.29) is 11.5 Å². The molecule has 0 spiro atoms. The Hall–Kier alpha value is -1.46. The Morgan fingerprint density at radius 2 is 1.94 bits per heavy atom. The molecule has 0 aliphatic carbocycles. The summed E-state index contributed by atoms with van der Waals surface area (Å²) in [5.74, 6) is -1.09. The number of phenols is 3. The third-order valence-electron chi connectivity index (χ3n) is 2.16. The van der Waals surface area contributed by atoms with E-state index in [1.807, 2.05) is 6.92 Å². The minimum Gasteiger partial charge on any atom is -0.504 e. The van der Waals surface area contributed by atoms with E-state index in [4.69, 9.17) is 9.84 Å². The third kappa shape index (κ3) is 3.29. The van der Waals surface area contributed by atoms with Crippen LogP contribution in [-0.2, 0) is 11.3 Å². The number of benzene rings is 1. The number of nitrogens with one attached hydrogen (secondary N) is 1. The summed E-state index contributed by atoms with van der Waals surface area (Å²) in [5.41, 5.74) is 0.534. The molecule has 4 N–H and O–H groups in total. The van der Waals surface area contributed by atoms with Gasteiger partial charge in [0.05, 0.1) is 6.61 Å². The van der Waals surface area contributed by atoms with Crippen LogP contribution in [0.15, 0.2) is 12.1 Å². The van der Waals surface area contributed by atoms with Crippen molar-refractivity contribution >= 4 is 0 Å². The quantitative estimate of drug-likeness (QED) is 0.429. The van der Waals surface area contributed by atoms with Crippen molar-refractivity contribution in [2.45, 2.75) is 13.5 Å². The first-order valence-corrected chi connectivity index (χ1v) is 5.18. The molecule has 1 aromatic rings. The molecular weight excluding hydrogens is 210 g/mol. The number of hydrogen-bond donors (Lipinski definition) is 4. The molecule has 1 aromatic carbocycles. The molecule has 0 aromatic heterocycles. The molecule has 0 saturated carbocycles. The maximum Gasteiger partial charge on any atom is 0.200 e. The second kappa shape index (κ2) is 6.19. The van der Waals surface area contributed by atoms with Crippen molar-refractivity contribution in [2.24, 2.45) is 0 Å². The molecule has 1 rings (SSSR count). The molecule has 90 valence electrons. The Kier molecular flexibility index (Phi) is 4.88. The molecule has 0 radical (unpaired) electrons. The van der Waals surface area contributed by atoms with Crippen molar-refractivity contribution in [1.29, 1.82) is 0 Å². The van der Waals surface area contributed by atoms with Crippen LogP contribution in [0.5, 0.6) is 17.2 Å². The maximum absolute atomic E-state index is 9.50. The number of aromatic hydroxyl groups is 3. The van der Waals surface area contributed by atoms with Crippen LogP contribution >= 0.6 is 0 Å². The number of phenolic OH excluding ortho intramolecular Hbond substituents is 3. The van der Waals surface area contributed by atoms with Crippen LogP contribution in [0.3, 0.4) is 0 Å². The van der Waals surface area contributed by atoms with E-state index in [0.29, 0.717) is 31.9 Å². The van der Waals surface area contributed by atoms with E-state index in [2.05, 4.69) is 5.32 Å². The first kappa shape index (κ1) is 12.6. The minimum atomic E-state index is -0.482. The van der Waals surface area contributed by atoms with Crippen molar-refractivity contribution in [1.82, 2.24) is 5.32 Å². The fourth-order valence-corrected chi connectivity index (χ4v) is 1.27. The highest BCUT2D eigenvalue weighted by molar-refractivity contribution is 5.52. The summed E-state index contributed by atoms with van der Waals surface area (Å²) in [6, 6.07) is 2.90. The molecular formula is C11H17NO4. The van der Waals surface area contributed by atoms with Gasteiger partial charge in [0.25, 0.3) is 0 Å². The van der Waals surface area contributed by atoms with E-state index in [1.165, 1.54) is 6.07 Å². The SMILES string of the molecule is CCOCCNCc1ccc(O)c(O)c1O. The lowest BCUT2D eigenvalue weighted by Gasteiger charge is -2.08. The Balaban J connectivity index is 2.45. The summed E-state index contributed by atoms with van der Waals surface area (Å²) in [6.45, 7) is 4.26. The van der Waals surface area contributed by atoms with Crippen molar-refractivity contribution in [3.05, 3.63) is 17.7 Å². The van der Waals surface area contributed by atoms with Crippen molar-refractivity contribution in [3.63, 3.8) is 0 Å². The fraction of sp³-hybridized carbons (Fsp3) is 0.455. The maximum atomic E-state index is 9.50. The largest absolute Gasteiger partial charge is 0.504 e. The van der Waals surface area contributed by atoms with Gasteiger partial charge in [-0.3, -0.25) is 0 Å². The van der Waals surface area contributed by atoms with Crippen LogP contribution in [0.25, 0.3) is 0 Å². The van der Waals surface area contributed by atoms with E-state index in [9.17, 15) is 10.2 Å². The zero-order valence-electron chi connectivity index (χ0n) is 9.23. The summed E-state index contributed by atoms with van der Waals surface area (Å²) >= 11 is 0. The van der Waals surface area contributed by atoms with Gasteiger partial charge >= 0.3 is 0 Å². The second-order valence-corrected chi connectivity index (χ2v) is 3.31. The van der Waals surface area contributed by atoms with Crippen molar-refractivity contribution < 1.29 is 20.1 Å². The highest BCUT2D eigenvalue weighted by Crippen LogP contribution is 2.36. The smallest absolute Gasteiger partial charge is 0.200 e. The van der Waals surface area contributed by atoms with Gasteiger partial charge in [0, 0.05) is 25.3 Å². The van der Waals surface area contributed by atoms with E-state index in [1.54, 1.807) is 6.07 Å². The lowest BCUT2D eigenvalue weighted by Crippen LogP contribution is -2.19. The topological polar surface area (TPSA) is 82.0 Å². The Morgan fingerprint density at radius 3 is 2.62 bits per heavy atom. The van der Waals surface area contributed by atoms with Crippen LogP contribution in [0.1, 0.15) is 12.5 Å². The molecule has 0 amide bonds. The summed E-state index contributed by atoms with van der Waals surface area (Å²) in [5, 5.41) is 30.9. The lowest BCUT2D eigenvalue weighted by atomic mass is 10.1. The van der Waals surface area contributed by atoms with Gasteiger partial charge in [-0.05, 0) is 13.0 Å². The third-order valence-corrected chi connectivity index (χ3v) is 2.16. The molecule has 0 aliphatic heterocycles. The second-order valence-electron chi connectivity index (χ2n) is 3.31. The van der Waals surface area contributed by atoms with Gasteiger partial charge < -0.3 is 25.4 Å². The first-order chi connectivity index (χ1) is 7.66. The van der Waals surface area contributed by atoms with Crippen molar-refractivity contribution in [2.75, 3.05) is 19.8 Å². The highest BCUT2D eigenvalue weighted by Gasteiger charge is 2.09. The predicted molar refractivity (Wildman–Crippen MR) is 59.6 cm³/mol. The molecule has 0 saturated heterocycles. The summed E-state index contributed by atoms with van der Waals surface area (Å²) < 4.78 is 5.13. The summed E-state index contributed by atoms with van der Waals surface area (Å²) in [4.78, 5) is 0. The van der Waals surface area contributed by atoms with Gasteiger partial charge in [-0.2, -0.15) is 0 Å². The van der Waals surface area contributed by atoms with Crippen LogP contribution in [0, 0.1) is 0 Å². The van der Waals surface area contributed by atoms with Gasteiger partial charge in [-0.25, -0.2) is 0 Å². The standard InChI is InChI=1S/C11H17NO4/c1-2-16-6-5-12-7-8-3-4-9(13)11(15)10(8)14/h3-4,12-15H,2,5-7H2,1H3. The normalized spacial score (nSPS) is 10.6. The van der Waals surface area contributed by atoms with Crippen LogP contribution in [0.2, 0.25) is 0 Å². The summed E-state index contributed by atoms with van der Waals surface area (Å²) in [7, 11) is 0. The number of hydrogen-bond acceptors (Lipinski definition) is 5. The van der Waals surface area contributed by atoms with E-state index < -0.39 is 5.75 Å². The Morgan fingerprint density at radius 1 is 1.19 bits per heavy atom. The van der Waals surface area contributed by atoms with Crippen molar-refractivity contribution in [3.8, 4) is 17.2 Å². The van der Waals surface area contributed by atoms with Gasteiger partial charge in [-0.1, -0.05) is 6.07 Å². The monoisotopic (exact) mass is 227 g/mol. The lowest BCUT2D eigenvalue weighted by molar-refractivity contribution is 0.149. The predicted octanol–water partition coefficient (Wildman–Crippen LogP) is 0.929. The van der Waals surface area contributed by atoms with Gasteiger partial charge in [0.1, 0.15) is 0 Å². The zero-order chi connectivity index (χ0) is 12.0. The molecule has 0 bridgehead atoms. The average molecular weight is 227 g/mol. The molecule has 0 heterocycles. The van der Waals surface area contributed by atoms with Crippen LogP contribution in [0.4, 0.5) is 0 Å². The fourth-order valence-electron chi connectivity index (χ4n) is 1.27. The Labute approximate surface area is 94.3 Å². The molecule has 0 fully saturated rings. The zero-order valence-corrected chi connectivity index (χ0v) is 9.23. The minimum absolute atomic E-state index is 0.288. The summed E-state index contributed by atoms with van der Waals surface area (Å²) in [6.07, 6.45) is 0. The van der Waals surface area contributed by atoms with E-state index in [0.717, 1.165) is 0 Å². The van der Waals surface area contributed by atoms with Crippen LogP contribution < -0.4 is 5.32 Å². The van der Waals surface area contributed by atoms with E-state index >= 15 is 0 Å². The van der Waals surface area contributed by atoms with Gasteiger partial charge in [0.2, 0.25) is 5.75 Å². The molecule has 0 aliphatic rings. The number of rotatable bonds is 6. The molecule has 5 nitrogen and oxygen atoms in total. The molecule has 0 atom stereocenters. The van der Waals surface area contributed by atoms with Crippen LogP contribution in [-0.4, -0.2) is 35.1 Å². The average Bonchev–Trinajstić information content (AvgIpc) is 2.28. The Bertz CT molecular complexity index is 341. The highest BCUT2D eigenvalue weighted by atomic mass is 16.5. The van der Waals surface area contributed by atoms with Gasteiger partial charge in [-0.15, -0.1) is 0 Å². The molecule has 0 unspecified atom stereocenters.